The summed E-state index contributed by atoms with van der Waals surface area (Å²) < 4.78 is 1.80. The van der Waals surface area contributed by atoms with Crippen LogP contribution in [0.3, 0.4) is 0 Å². The highest BCUT2D eigenvalue weighted by molar-refractivity contribution is 5.93. The average molecular weight is 391 g/mol. The molecule has 3 aromatic heterocycles. The number of nitrogens with one attached hydrogen (secondary N) is 1. The van der Waals surface area contributed by atoms with Crippen molar-refractivity contribution >= 4 is 28.3 Å². The number of piperazine rings is 1. The first-order valence-electron chi connectivity index (χ1n) is 10.1. The highest BCUT2D eigenvalue weighted by Gasteiger charge is 2.32. The van der Waals surface area contributed by atoms with E-state index in [1.165, 1.54) is 19.8 Å². The molecule has 0 spiro atoms. The molecule has 0 radical (unpaired) electrons. The zero-order valence-corrected chi connectivity index (χ0v) is 16.8. The van der Waals surface area contributed by atoms with Crippen LogP contribution in [0.25, 0.3) is 22.2 Å². The number of aryl methyl sites for hydroxylation is 1. The molecular weight excluding hydrogens is 366 g/mol. The van der Waals surface area contributed by atoms with Gasteiger partial charge in [0.15, 0.2) is 0 Å². The maximum Gasteiger partial charge on any atom is 0.222 e. The van der Waals surface area contributed by atoms with E-state index >= 15 is 0 Å². The van der Waals surface area contributed by atoms with E-state index in [1.54, 1.807) is 10.9 Å². The number of hydrogen-bond acceptors (Lipinski definition) is 6. The number of hydrogen-bond donors (Lipinski definition) is 1. The molecule has 1 saturated carbocycles. The monoisotopic (exact) mass is 391 g/mol. The third kappa shape index (κ3) is 3.67. The van der Waals surface area contributed by atoms with Crippen LogP contribution in [0.1, 0.15) is 19.8 Å². The normalized spacial score (nSPS) is 17.7. The first kappa shape index (κ1) is 18.1. The van der Waals surface area contributed by atoms with Gasteiger partial charge in [-0.2, -0.15) is 5.10 Å². The van der Waals surface area contributed by atoms with Crippen molar-refractivity contribution in [2.24, 2.45) is 7.05 Å². The van der Waals surface area contributed by atoms with Gasteiger partial charge in [-0.05, 0) is 18.9 Å². The fourth-order valence-electron chi connectivity index (χ4n) is 4.07. The molecular formula is C21H25N7O. The molecule has 0 atom stereocenters. The van der Waals surface area contributed by atoms with Crippen LogP contribution >= 0.6 is 0 Å². The quantitative estimate of drug-likeness (QED) is 0.735. The zero-order valence-electron chi connectivity index (χ0n) is 16.8. The van der Waals surface area contributed by atoms with Crippen LogP contribution in [-0.2, 0) is 11.8 Å². The zero-order chi connectivity index (χ0) is 20.0. The van der Waals surface area contributed by atoms with E-state index < -0.39 is 0 Å². The highest BCUT2D eigenvalue weighted by atomic mass is 16.1. The number of nitrogens with zero attached hydrogens (tertiary/aromatic N) is 6. The van der Waals surface area contributed by atoms with E-state index in [9.17, 15) is 4.79 Å². The molecule has 8 heteroatoms. The van der Waals surface area contributed by atoms with Gasteiger partial charge in [0, 0.05) is 75.6 Å². The molecule has 4 heterocycles. The second-order valence-corrected chi connectivity index (χ2v) is 7.96. The molecule has 150 valence electrons. The third-order valence-corrected chi connectivity index (χ3v) is 5.68. The molecule has 2 aliphatic rings. The maximum atomic E-state index is 11.4. The van der Waals surface area contributed by atoms with Crippen molar-refractivity contribution in [3.8, 4) is 11.3 Å². The number of fused-ring (bicyclic) bond motifs is 1. The molecule has 1 amide bonds. The van der Waals surface area contributed by atoms with E-state index in [1.807, 2.05) is 25.5 Å². The van der Waals surface area contributed by atoms with Gasteiger partial charge < -0.3 is 10.2 Å². The Kier molecular flexibility index (Phi) is 4.43. The Labute approximate surface area is 169 Å². The molecule has 1 aliphatic heterocycles. The van der Waals surface area contributed by atoms with Crippen LogP contribution in [0.15, 0.2) is 30.7 Å². The topological polar surface area (TPSA) is 79.2 Å². The standard InChI is InChI=1S/C21H25N7O/c1-14(29)24-20-10-18-15(11-22-20)9-19(21(25-18)16-12-23-26(2)13-16)28-7-5-27(6-8-28)17-3-4-17/h9-13,17H,3-8H2,1-2H3,(H,22,24,29). The predicted molar refractivity (Wildman–Crippen MR) is 113 cm³/mol. The van der Waals surface area contributed by atoms with Crippen LogP contribution in [0.4, 0.5) is 11.5 Å². The summed E-state index contributed by atoms with van der Waals surface area (Å²) in [6, 6.07) is 4.80. The van der Waals surface area contributed by atoms with E-state index in [0.29, 0.717) is 5.82 Å². The van der Waals surface area contributed by atoms with E-state index in [4.69, 9.17) is 4.98 Å². The minimum absolute atomic E-state index is 0.144. The molecule has 1 saturated heterocycles. The molecule has 2 fully saturated rings. The summed E-state index contributed by atoms with van der Waals surface area (Å²) in [6.45, 7) is 5.65. The summed E-state index contributed by atoms with van der Waals surface area (Å²) in [5, 5.41) is 8.04. The van der Waals surface area contributed by atoms with Crippen molar-refractivity contribution in [3.05, 3.63) is 30.7 Å². The summed E-state index contributed by atoms with van der Waals surface area (Å²) in [6.07, 6.45) is 8.33. The number of anilines is 2. The third-order valence-electron chi connectivity index (χ3n) is 5.68. The lowest BCUT2D eigenvalue weighted by Crippen LogP contribution is -2.47. The summed E-state index contributed by atoms with van der Waals surface area (Å²) in [5.41, 5.74) is 3.84. The van der Waals surface area contributed by atoms with Crippen LogP contribution in [0.5, 0.6) is 0 Å². The molecule has 5 rings (SSSR count). The van der Waals surface area contributed by atoms with Gasteiger partial charge in [0.05, 0.1) is 23.1 Å². The van der Waals surface area contributed by atoms with Gasteiger partial charge in [-0.3, -0.25) is 14.4 Å². The fraction of sp³-hybridized carbons (Fsp3) is 0.429. The van der Waals surface area contributed by atoms with Gasteiger partial charge in [0.2, 0.25) is 5.91 Å². The van der Waals surface area contributed by atoms with E-state index in [-0.39, 0.29) is 5.91 Å². The SMILES string of the molecule is CC(=O)Nc1cc2nc(-c3cnn(C)c3)c(N3CCN(C4CC4)CC3)cc2cn1. The summed E-state index contributed by atoms with van der Waals surface area (Å²) in [4.78, 5) is 25.8. The number of amides is 1. The maximum absolute atomic E-state index is 11.4. The van der Waals surface area contributed by atoms with Crippen LogP contribution in [-0.4, -0.2) is 62.8 Å². The van der Waals surface area contributed by atoms with Gasteiger partial charge in [-0.1, -0.05) is 0 Å². The van der Waals surface area contributed by atoms with Crippen LogP contribution in [0.2, 0.25) is 0 Å². The summed E-state index contributed by atoms with van der Waals surface area (Å²) in [5.74, 6) is 0.370. The predicted octanol–water partition coefficient (Wildman–Crippen LogP) is 2.27. The molecule has 1 N–H and O–H groups in total. The molecule has 8 nitrogen and oxygen atoms in total. The second-order valence-electron chi connectivity index (χ2n) is 7.96. The van der Waals surface area contributed by atoms with Crippen molar-refractivity contribution < 1.29 is 4.79 Å². The minimum Gasteiger partial charge on any atom is -0.367 e. The number of carbonyl (C=O) groups excluding carboxylic acids is 1. The Bertz CT molecular complexity index is 1060. The van der Waals surface area contributed by atoms with Crippen LogP contribution < -0.4 is 10.2 Å². The van der Waals surface area contributed by atoms with Crippen molar-refractivity contribution in [1.29, 1.82) is 0 Å². The lowest BCUT2D eigenvalue weighted by atomic mass is 10.1. The molecule has 29 heavy (non-hydrogen) atoms. The Balaban J connectivity index is 1.54. The van der Waals surface area contributed by atoms with Gasteiger partial charge in [-0.25, -0.2) is 9.97 Å². The Morgan fingerprint density at radius 3 is 2.59 bits per heavy atom. The van der Waals surface area contributed by atoms with Crippen molar-refractivity contribution in [2.75, 3.05) is 36.4 Å². The number of pyridine rings is 2. The summed E-state index contributed by atoms with van der Waals surface area (Å²) >= 11 is 0. The molecule has 0 unspecified atom stereocenters. The molecule has 1 aliphatic carbocycles. The highest BCUT2D eigenvalue weighted by Crippen LogP contribution is 2.34. The van der Waals surface area contributed by atoms with Gasteiger partial charge in [-0.15, -0.1) is 0 Å². The Morgan fingerprint density at radius 2 is 1.93 bits per heavy atom. The molecule has 3 aromatic rings. The second kappa shape index (κ2) is 7.11. The Morgan fingerprint density at radius 1 is 1.14 bits per heavy atom. The number of rotatable bonds is 4. The Hall–Kier alpha value is -3.00. The fourth-order valence-corrected chi connectivity index (χ4v) is 4.07. The smallest absolute Gasteiger partial charge is 0.222 e. The molecule has 0 aromatic carbocycles. The summed E-state index contributed by atoms with van der Waals surface area (Å²) in [7, 11) is 1.91. The van der Waals surface area contributed by atoms with Gasteiger partial charge in [0.1, 0.15) is 5.82 Å². The van der Waals surface area contributed by atoms with E-state index in [2.05, 4.69) is 31.3 Å². The minimum atomic E-state index is -0.144. The van der Waals surface area contributed by atoms with Crippen molar-refractivity contribution in [1.82, 2.24) is 24.6 Å². The number of carbonyl (C=O) groups is 1. The lowest BCUT2D eigenvalue weighted by Gasteiger charge is -2.37. The molecule has 0 bridgehead atoms. The van der Waals surface area contributed by atoms with Crippen molar-refractivity contribution in [2.45, 2.75) is 25.8 Å². The van der Waals surface area contributed by atoms with Crippen molar-refractivity contribution in [3.63, 3.8) is 0 Å². The van der Waals surface area contributed by atoms with E-state index in [0.717, 1.165) is 60.1 Å². The van der Waals surface area contributed by atoms with Crippen LogP contribution in [0, 0.1) is 0 Å². The first-order valence-corrected chi connectivity index (χ1v) is 10.1. The largest absolute Gasteiger partial charge is 0.367 e. The van der Waals surface area contributed by atoms with Gasteiger partial charge in [0.25, 0.3) is 0 Å². The van der Waals surface area contributed by atoms with Gasteiger partial charge >= 0.3 is 0 Å². The number of aromatic nitrogens is 4. The lowest BCUT2D eigenvalue weighted by molar-refractivity contribution is -0.114. The average Bonchev–Trinajstić information content (AvgIpc) is 3.47. The first-order chi connectivity index (χ1) is 14.1.